The minimum atomic E-state index is -4.00. The molecular weight excluding hydrogens is 440 g/mol. The van der Waals surface area contributed by atoms with E-state index in [2.05, 4.69) is 5.32 Å². The van der Waals surface area contributed by atoms with Crippen molar-refractivity contribution in [2.75, 3.05) is 13.2 Å². The number of halogens is 2. The molecule has 0 heterocycles. The number of hydrogen-bond acceptors (Lipinski definition) is 5. The van der Waals surface area contributed by atoms with Gasteiger partial charge in [-0.05, 0) is 69.9 Å². The summed E-state index contributed by atoms with van der Waals surface area (Å²) in [6.07, 6.45) is -0.289. The van der Waals surface area contributed by atoms with E-state index in [4.69, 9.17) is 8.92 Å². The number of carbonyl (C=O) groups excluding carboxylic acids is 1. The summed E-state index contributed by atoms with van der Waals surface area (Å²) >= 11 is 0. The number of benzene rings is 2. The van der Waals surface area contributed by atoms with Crippen LogP contribution < -0.4 is 5.32 Å². The number of ether oxygens (including phenoxy) is 1. The van der Waals surface area contributed by atoms with Crippen molar-refractivity contribution >= 4 is 16.2 Å². The summed E-state index contributed by atoms with van der Waals surface area (Å²) in [5.41, 5.74) is -0.349. The Morgan fingerprint density at radius 2 is 1.72 bits per heavy atom. The Bertz CT molecular complexity index is 1080. The highest BCUT2D eigenvalue weighted by Gasteiger charge is 2.56. The molecule has 6 nitrogen and oxygen atoms in total. The van der Waals surface area contributed by atoms with E-state index in [1.54, 1.807) is 32.9 Å². The lowest BCUT2D eigenvalue weighted by molar-refractivity contribution is 0.0520. The van der Waals surface area contributed by atoms with Crippen molar-refractivity contribution in [1.82, 2.24) is 5.32 Å². The molecule has 2 aromatic rings. The predicted molar refractivity (Wildman–Crippen MR) is 115 cm³/mol. The third-order valence-electron chi connectivity index (χ3n) is 5.35. The summed E-state index contributed by atoms with van der Waals surface area (Å²) in [6, 6.07) is 9.38. The van der Waals surface area contributed by atoms with Gasteiger partial charge < -0.3 is 10.1 Å². The van der Waals surface area contributed by atoms with Crippen molar-refractivity contribution in [3.63, 3.8) is 0 Å². The molecule has 9 heteroatoms. The summed E-state index contributed by atoms with van der Waals surface area (Å²) in [6.45, 7) is 6.81. The van der Waals surface area contributed by atoms with Crippen LogP contribution in [0.3, 0.4) is 0 Å². The summed E-state index contributed by atoms with van der Waals surface area (Å²) in [5.74, 6) is -1.88. The van der Waals surface area contributed by atoms with E-state index in [1.165, 1.54) is 24.3 Å². The molecule has 174 valence electrons. The normalized spacial score (nSPS) is 20.6. The van der Waals surface area contributed by atoms with Crippen LogP contribution in [0.15, 0.2) is 47.4 Å². The summed E-state index contributed by atoms with van der Waals surface area (Å²) in [5, 5.41) is 2.63. The van der Waals surface area contributed by atoms with Crippen LogP contribution >= 0.6 is 0 Å². The Kier molecular flexibility index (Phi) is 6.62. The largest absolute Gasteiger partial charge is 0.444 e. The molecular formula is C23H27F2NO5S. The van der Waals surface area contributed by atoms with E-state index in [1.807, 2.05) is 6.92 Å². The van der Waals surface area contributed by atoms with Crippen LogP contribution in [0.4, 0.5) is 13.6 Å². The van der Waals surface area contributed by atoms with Gasteiger partial charge in [-0.25, -0.2) is 13.6 Å². The highest BCUT2D eigenvalue weighted by molar-refractivity contribution is 7.86. The van der Waals surface area contributed by atoms with Crippen LogP contribution in [0.1, 0.15) is 38.3 Å². The van der Waals surface area contributed by atoms with Gasteiger partial charge in [0.1, 0.15) is 17.2 Å². The second-order valence-corrected chi connectivity index (χ2v) is 10.7. The van der Waals surface area contributed by atoms with Gasteiger partial charge in [-0.15, -0.1) is 0 Å². The maximum absolute atomic E-state index is 13.9. The van der Waals surface area contributed by atoms with Gasteiger partial charge in [-0.1, -0.05) is 17.7 Å². The van der Waals surface area contributed by atoms with E-state index >= 15 is 0 Å². The summed E-state index contributed by atoms with van der Waals surface area (Å²) in [4.78, 5) is 12.2. The molecule has 3 rings (SSSR count). The van der Waals surface area contributed by atoms with E-state index in [-0.39, 0.29) is 24.0 Å². The predicted octanol–water partition coefficient (Wildman–Crippen LogP) is 4.46. The number of nitrogens with one attached hydrogen (secondary N) is 1. The maximum Gasteiger partial charge on any atom is 0.407 e. The number of carbonyl (C=O) groups is 1. The average Bonchev–Trinajstić information content (AvgIpc) is 3.38. The number of alkyl carbamates (subject to hydrolysis) is 1. The zero-order valence-electron chi connectivity index (χ0n) is 18.4. The van der Waals surface area contributed by atoms with E-state index in [0.717, 1.165) is 11.6 Å². The molecule has 1 N–H and O–H groups in total. The fourth-order valence-electron chi connectivity index (χ4n) is 3.60. The lowest BCUT2D eigenvalue weighted by Gasteiger charge is -2.23. The molecule has 0 aliphatic heterocycles. The molecule has 0 radical (unpaired) electrons. The van der Waals surface area contributed by atoms with Crippen LogP contribution in [0, 0.1) is 24.5 Å². The highest BCUT2D eigenvalue weighted by Crippen LogP contribution is 2.54. The van der Waals surface area contributed by atoms with Crippen LogP contribution in [0.25, 0.3) is 0 Å². The van der Waals surface area contributed by atoms with Gasteiger partial charge in [0.05, 0.1) is 11.5 Å². The maximum atomic E-state index is 13.9. The van der Waals surface area contributed by atoms with Crippen molar-refractivity contribution < 1.29 is 30.9 Å². The quantitative estimate of drug-likeness (QED) is 0.608. The van der Waals surface area contributed by atoms with Crippen molar-refractivity contribution in [3.8, 4) is 0 Å². The molecule has 0 spiro atoms. The minimum Gasteiger partial charge on any atom is -0.444 e. The van der Waals surface area contributed by atoms with Gasteiger partial charge >= 0.3 is 6.09 Å². The zero-order valence-corrected chi connectivity index (χ0v) is 19.3. The van der Waals surface area contributed by atoms with E-state index in [0.29, 0.717) is 12.0 Å². The fraction of sp³-hybridized carbons (Fsp3) is 0.435. The van der Waals surface area contributed by atoms with Crippen LogP contribution in [0.2, 0.25) is 0 Å². The Balaban J connectivity index is 1.76. The third-order valence-corrected chi connectivity index (χ3v) is 6.65. The Morgan fingerprint density at radius 1 is 1.12 bits per heavy atom. The van der Waals surface area contributed by atoms with Crippen LogP contribution in [-0.2, 0) is 24.5 Å². The first kappa shape index (κ1) is 24.1. The van der Waals surface area contributed by atoms with Crippen LogP contribution in [0.5, 0.6) is 0 Å². The van der Waals surface area contributed by atoms with Gasteiger partial charge in [0.25, 0.3) is 10.1 Å². The molecule has 0 saturated heterocycles. The average molecular weight is 468 g/mol. The van der Waals surface area contributed by atoms with E-state index < -0.39 is 38.9 Å². The van der Waals surface area contributed by atoms with Gasteiger partial charge in [-0.3, -0.25) is 4.18 Å². The van der Waals surface area contributed by atoms with Crippen molar-refractivity contribution in [1.29, 1.82) is 0 Å². The van der Waals surface area contributed by atoms with Crippen molar-refractivity contribution in [3.05, 3.63) is 65.2 Å². The molecule has 1 aliphatic rings. The SMILES string of the molecule is Cc1ccc(S(=O)(=O)OC[C@@H]2C[C@@]2(CNC(=O)OC(C)(C)C)c2cc(F)cc(F)c2)cc1. The second-order valence-electron chi connectivity index (χ2n) is 9.12. The smallest absolute Gasteiger partial charge is 0.407 e. The van der Waals surface area contributed by atoms with Crippen molar-refractivity contribution in [2.45, 2.75) is 50.0 Å². The first-order valence-electron chi connectivity index (χ1n) is 10.2. The first-order chi connectivity index (χ1) is 14.8. The number of hydrogen-bond donors (Lipinski definition) is 1. The van der Waals surface area contributed by atoms with Gasteiger partial charge in [0.2, 0.25) is 0 Å². The Hall–Kier alpha value is -2.52. The molecule has 0 aromatic heterocycles. The fourth-order valence-corrected chi connectivity index (χ4v) is 4.55. The lowest BCUT2D eigenvalue weighted by atomic mass is 9.93. The Morgan fingerprint density at radius 3 is 2.28 bits per heavy atom. The number of amides is 1. The molecule has 2 atom stereocenters. The highest BCUT2D eigenvalue weighted by atomic mass is 32.2. The minimum absolute atomic E-state index is 0.0173. The molecule has 0 unspecified atom stereocenters. The molecule has 1 aliphatic carbocycles. The standard InChI is InChI=1S/C23H27F2NO5S/c1-15-5-7-20(8-6-15)32(28,29)30-13-17-12-23(17,14-26-21(27)31-22(2,3)4)16-9-18(24)11-19(25)10-16/h5-11,17H,12-14H2,1-4H3,(H,26,27)/t17-,23+/m0/s1. The topological polar surface area (TPSA) is 81.7 Å². The first-order valence-corrected chi connectivity index (χ1v) is 11.6. The molecule has 1 amide bonds. The zero-order chi connectivity index (χ0) is 23.7. The van der Waals surface area contributed by atoms with E-state index in [9.17, 15) is 22.0 Å². The molecule has 0 bridgehead atoms. The van der Waals surface area contributed by atoms with Gasteiger partial charge in [0, 0.05) is 18.0 Å². The monoisotopic (exact) mass is 467 g/mol. The number of aryl methyl sites for hydroxylation is 1. The second kappa shape index (κ2) is 8.78. The molecule has 32 heavy (non-hydrogen) atoms. The Labute approximate surface area is 187 Å². The molecule has 2 aromatic carbocycles. The summed E-state index contributed by atoms with van der Waals surface area (Å²) in [7, 11) is -4.00. The van der Waals surface area contributed by atoms with Crippen LogP contribution in [-0.4, -0.2) is 33.3 Å². The third kappa shape index (κ3) is 5.83. The molecule has 1 fully saturated rings. The van der Waals surface area contributed by atoms with Crippen molar-refractivity contribution in [2.24, 2.45) is 5.92 Å². The number of rotatable bonds is 7. The summed E-state index contributed by atoms with van der Waals surface area (Å²) < 4.78 is 63.3. The van der Waals surface area contributed by atoms with Gasteiger partial charge in [0.15, 0.2) is 0 Å². The lowest BCUT2D eigenvalue weighted by Crippen LogP contribution is -2.38. The molecule has 1 saturated carbocycles. The van der Waals surface area contributed by atoms with Gasteiger partial charge in [-0.2, -0.15) is 8.42 Å².